The molecule has 18 heavy (non-hydrogen) atoms. The maximum atomic E-state index is 4.52. The molecule has 3 rings (SSSR count). The van der Waals surface area contributed by atoms with Crippen LogP contribution in [-0.2, 0) is 6.54 Å². The number of aromatic nitrogens is 2. The minimum absolute atomic E-state index is 0.707. The molecule has 3 heterocycles. The first-order chi connectivity index (χ1) is 8.63. The summed E-state index contributed by atoms with van der Waals surface area (Å²) in [7, 11) is 2.22. The normalized spacial score (nSPS) is 25.1. The lowest BCUT2D eigenvalue weighted by Crippen LogP contribution is -2.22. The van der Waals surface area contributed by atoms with Crippen molar-refractivity contribution in [2.24, 2.45) is 5.92 Å². The monoisotopic (exact) mass is 307 g/mol. The van der Waals surface area contributed by atoms with Crippen LogP contribution in [0.5, 0.6) is 0 Å². The van der Waals surface area contributed by atoms with E-state index in [9.17, 15) is 0 Å². The van der Waals surface area contributed by atoms with Gasteiger partial charge in [0.15, 0.2) is 0 Å². The van der Waals surface area contributed by atoms with E-state index in [2.05, 4.69) is 62.7 Å². The summed E-state index contributed by atoms with van der Waals surface area (Å²) in [5.41, 5.74) is 1.10. The van der Waals surface area contributed by atoms with E-state index >= 15 is 0 Å². The molecule has 0 aliphatic carbocycles. The summed E-state index contributed by atoms with van der Waals surface area (Å²) < 4.78 is 3.33. The highest BCUT2D eigenvalue weighted by Crippen LogP contribution is 2.25. The van der Waals surface area contributed by atoms with Gasteiger partial charge in [-0.15, -0.1) is 0 Å². The third kappa shape index (κ3) is 2.19. The molecule has 1 fully saturated rings. The standard InChI is InChI=1S/C14H18BrN3/c1-10-5-11(8-17(10)2)9-18-4-3-12-6-13(15)7-16-14(12)18/h3-4,6-7,10-11H,5,8-9H2,1-2H3/t10-,11?/m1/s1. The zero-order valence-corrected chi connectivity index (χ0v) is 12.4. The maximum Gasteiger partial charge on any atom is 0.139 e. The molecule has 0 N–H and O–H groups in total. The van der Waals surface area contributed by atoms with Crippen molar-refractivity contribution in [2.75, 3.05) is 13.6 Å². The third-order valence-corrected chi connectivity index (χ3v) is 4.43. The van der Waals surface area contributed by atoms with Gasteiger partial charge in [-0.1, -0.05) is 0 Å². The van der Waals surface area contributed by atoms with E-state index in [1.54, 1.807) is 0 Å². The molecule has 3 nitrogen and oxygen atoms in total. The second-order valence-electron chi connectivity index (χ2n) is 5.42. The van der Waals surface area contributed by atoms with Crippen molar-refractivity contribution >= 4 is 27.0 Å². The Balaban J connectivity index is 1.83. The van der Waals surface area contributed by atoms with Crippen molar-refractivity contribution in [3.8, 4) is 0 Å². The van der Waals surface area contributed by atoms with Gasteiger partial charge in [0, 0.05) is 41.4 Å². The number of hydrogen-bond donors (Lipinski definition) is 0. The van der Waals surface area contributed by atoms with Gasteiger partial charge in [0.05, 0.1) is 0 Å². The molecule has 0 bridgehead atoms. The molecular formula is C14H18BrN3. The smallest absolute Gasteiger partial charge is 0.139 e. The first-order valence-corrected chi connectivity index (χ1v) is 7.23. The summed E-state index contributed by atoms with van der Waals surface area (Å²) in [5.74, 6) is 0.742. The van der Waals surface area contributed by atoms with Gasteiger partial charge < -0.3 is 9.47 Å². The molecule has 1 aliphatic heterocycles. The van der Waals surface area contributed by atoms with E-state index in [1.807, 2.05) is 6.20 Å². The highest BCUT2D eigenvalue weighted by atomic mass is 79.9. The first kappa shape index (κ1) is 12.2. The van der Waals surface area contributed by atoms with E-state index in [0.717, 1.165) is 22.6 Å². The van der Waals surface area contributed by atoms with Crippen molar-refractivity contribution in [2.45, 2.75) is 25.9 Å². The molecule has 0 radical (unpaired) electrons. The number of halogens is 1. The first-order valence-electron chi connectivity index (χ1n) is 6.44. The SMILES string of the molecule is C[C@@H]1CC(Cn2ccc3cc(Br)cnc32)CN1C. The predicted octanol–water partition coefficient (Wildman–Crippen LogP) is 3.14. The van der Waals surface area contributed by atoms with E-state index in [1.165, 1.54) is 18.4 Å². The molecule has 4 heteroatoms. The molecule has 2 aromatic rings. The fraction of sp³-hybridized carbons (Fsp3) is 0.500. The quantitative estimate of drug-likeness (QED) is 0.850. The van der Waals surface area contributed by atoms with Crippen LogP contribution in [0.3, 0.4) is 0 Å². The van der Waals surface area contributed by atoms with Crippen LogP contribution < -0.4 is 0 Å². The summed E-state index contributed by atoms with van der Waals surface area (Å²) in [6, 6.07) is 4.98. The molecule has 96 valence electrons. The highest BCUT2D eigenvalue weighted by molar-refractivity contribution is 9.10. The van der Waals surface area contributed by atoms with Gasteiger partial charge in [-0.25, -0.2) is 4.98 Å². The number of fused-ring (bicyclic) bond motifs is 1. The summed E-state index contributed by atoms with van der Waals surface area (Å²) in [5, 5.41) is 1.21. The van der Waals surface area contributed by atoms with Crippen molar-refractivity contribution < 1.29 is 0 Å². The Morgan fingerprint density at radius 1 is 1.50 bits per heavy atom. The van der Waals surface area contributed by atoms with E-state index in [-0.39, 0.29) is 0 Å². The van der Waals surface area contributed by atoms with Gasteiger partial charge in [-0.3, -0.25) is 0 Å². The summed E-state index contributed by atoms with van der Waals surface area (Å²) in [4.78, 5) is 6.97. The van der Waals surface area contributed by atoms with Crippen LogP contribution in [0.25, 0.3) is 11.0 Å². The molecule has 1 aliphatic rings. The van der Waals surface area contributed by atoms with Crippen LogP contribution in [0.2, 0.25) is 0 Å². The predicted molar refractivity (Wildman–Crippen MR) is 77.6 cm³/mol. The largest absolute Gasteiger partial charge is 0.332 e. The second-order valence-corrected chi connectivity index (χ2v) is 6.34. The molecule has 1 unspecified atom stereocenters. The maximum absolute atomic E-state index is 4.52. The van der Waals surface area contributed by atoms with Gasteiger partial charge in [-0.2, -0.15) is 0 Å². The molecule has 0 aromatic carbocycles. The minimum atomic E-state index is 0.707. The second kappa shape index (κ2) is 4.67. The molecule has 2 atom stereocenters. The van der Waals surface area contributed by atoms with E-state index < -0.39 is 0 Å². The van der Waals surface area contributed by atoms with Gasteiger partial charge in [0.2, 0.25) is 0 Å². The number of likely N-dealkylation sites (tertiary alicyclic amines) is 1. The molecule has 0 spiro atoms. The Morgan fingerprint density at radius 3 is 3.06 bits per heavy atom. The number of pyridine rings is 1. The number of hydrogen-bond acceptors (Lipinski definition) is 2. The summed E-state index contributed by atoms with van der Waals surface area (Å²) in [6.45, 7) is 4.58. The van der Waals surface area contributed by atoms with Crippen molar-refractivity contribution in [1.29, 1.82) is 0 Å². The molecular weight excluding hydrogens is 290 g/mol. The Hall–Kier alpha value is -0.870. The lowest BCUT2D eigenvalue weighted by molar-refractivity contribution is 0.322. The third-order valence-electron chi connectivity index (χ3n) is 4.00. The Kier molecular flexibility index (Phi) is 3.16. The topological polar surface area (TPSA) is 21.1 Å². The Labute approximate surface area is 116 Å². The zero-order chi connectivity index (χ0) is 12.7. The Bertz CT molecular complexity index is 553. The van der Waals surface area contributed by atoms with Gasteiger partial charge in [0.1, 0.15) is 5.65 Å². The minimum Gasteiger partial charge on any atom is -0.332 e. The number of nitrogens with zero attached hydrogens (tertiary/aromatic N) is 3. The van der Waals surface area contributed by atoms with Crippen LogP contribution in [-0.4, -0.2) is 34.1 Å². The van der Waals surface area contributed by atoms with Gasteiger partial charge >= 0.3 is 0 Å². The molecule has 2 aromatic heterocycles. The highest BCUT2D eigenvalue weighted by Gasteiger charge is 2.26. The van der Waals surface area contributed by atoms with Crippen LogP contribution in [0.4, 0.5) is 0 Å². The average molecular weight is 308 g/mol. The fourth-order valence-electron chi connectivity index (χ4n) is 2.93. The van der Waals surface area contributed by atoms with Crippen LogP contribution in [0.15, 0.2) is 29.0 Å². The van der Waals surface area contributed by atoms with Crippen LogP contribution >= 0.6 is 15.9 Å². The molecule has 0 amide bonds. The molecule has 0 saturated carbocycles. The fourth-order valence-corrected chi connectivity index (χ4v) is 3.28. The van der Waals surface area contributed by atoms with Crippen molar-refractivity contribution in [3.63, 3.8) is 0 Å². The summed E-state index contributed by atoms with van der Waals surface area (Å²) in [6.07, 6.45) is 5.32. The number of rotatable bonds is 2. The van der Waals surface area contributed by atoms with Gasteiger partial charge in [0.25, 0.3) is 0 Å². The van der Waals surface area contributed by atoms with Crippen LogP contribution in [0.1, 0.15) is 13.3 Å². The Morgan fingerprint density at radius 2 is 2.33 bits per heavy atom. The van der Waals surface area contributed by atoms with E-state index in [0.29, 0.717) is 6.04 Å². The lowest BCUT2D eigenvalue weighted by Gasteiger charge is -2.13. The summed E-state index contributed by atoms with van der Waals surface area (Å²) >= 11 is 3.47. The van der Waals surface area contributed by atoms with Crippen molar-refractivity contribution in [3.05, 3.63) is 29.0 Å². The average Bonchev–Trinajstić information content (AvgIpc) is 2.84. The lowest BCUT2D eigenvalue weighted by atomic mass is 10.1. The van der Waals surface area contributed by atoms with E-state index in [4.69, 9.17) is 0 Å². The van der Waals surface area contributed by atoms with Crippen molar-refractivity contribution in [1.82, 2.24) is 14.5 Å². The van der Waals surface area contributed by atoms with Crippen LogP contribution in [0, 0.1) is 5.92 Å². The van der Waals surface area contributed by atoms with Gasteiger partial charge in [-0.05, 0) is 54.4 Å². The molecule has 1 saturated heterocycles. The zero-order valence-electron chi connectivity index (χ0n) is 10.8.